The molecule has 96 valence electrons. The molecule has 0 aliphatic heterocycles. The van der Waals surface area contributed by atoms with E-state index in [2.05, 4.69) is 5.32 Å². The quantitative estimate of drug-likeness (QED) is 0.824. The Hall–Kier alpha value is -1.32. The first-order chi connectivity index (χ1) is 8.56. The van der Waals surface area contributed by atoms with Gasteiger partial charge in [-0.3, -0.25) is 4.79 Å². The zero-order valence-corrected chi connectivity index (χ0v) is 11.0. The first-order valence-corrected chi connectivity index (χ1v) is 6.44. The van der Waals surface area contributed by atoms with E-state index in [-0.39, 0.29) is 23.9 Å². The zero-order chi connectivity index (χ0) is 13.1. The lowest BCUT2D eigenvalue weighted by Gasteiger charge is -2.17. The minimum atomic E-state index is -0.102. The minimum Gasteiger partial charge on any atom is -0.349 e. The molecular weight excluding hydrogens is 248 g/mol. The number of benzene rings is 1. The second-order valence-corrected chi connectivity index (χ2v) is 5.11. The number of rotatable bonds is 3. The standard InChI is InChI=1S/C14H17ClN2O/c1-9(10-2-5-12(15)6-3-10)17-14(18)11-4-7-13(16)8-11/h2-7,9,11,13H,8,16H2,1H3,(H,17,18)/t9-,11?,13?/m0/s1. The molecule has 0 saturated carbocycles. The molecule has 4 heteroatoms. The van der Waals surface area contributed by atoms with Gasteiger partial charge in [0.2, 0.25) is 5.91 Å². The van der Waals surface area contributed by atoms with E-state index < -0.39 is 0 Å². The minimum absolute atomic E-state index is 0.00610. The monoisotopic (exact) mass is 264 g/mol. The fourth-order valence-corrected chi connectivity index (χ4v) is 2.20. The molecule has 0 radical (unpaired) electrons. The molecule has 0 aromatic heterocycles. The van der Waals surface area contributed by atoms with Crippen molar-refractivity contribution in [2.45, 2.75) is 25.4 Å². The molecule has 18 heavy (non-hydrogen) atoms. The summed E-state index contributed by atoms with van der Waals surface area (Å²) in [6.45, 7) is 1.96. The van der Waals surface area contributed by atoms with Crippen LogP contribution in [0.1, 0.15) is 24.9 Å². The van der Waals surface area contributed by atoms with Crippen LogP contribution in [0.3, 0.4) is 0 Å². The van der Waals surface area contributed by atoms with Crippen LogP contribution in [0.25, 0.3) is 0 Å². The van der Waals surface area contributed by atoms with E-state index >= 15 is 0 Å². The van der Waals surface area contributed by atoms with Crippen molar-refractivity contribution in [2.24, 2.45) is 11.7 Å². The summed E-state index contributed by atoms with van der Waals surface area (Å²) >= 11 is 5.83. The summed E-state index contributed by atoms with van der Waals surface area (Å²) in [6, 6.07) is 7.47. The number of carbonyl (C=O) groups excluding carboxylic acids is 1. The summed E-state index contributed by atoms with van der Waals surface area (Å²) in [7, 11) is 0. The Bertz CT molecular complexity index is 455. The van der Waals surface area contributed by atoms with Gasteiger partial charge in [-0.2, -0.15) is 0 Å². The maximum absolute atomic E-state index is 12.0. The molecule has 0 spiro atoms. The van der Waals surface area contributed by atoms with Gasteiger partial charge in [0, 0.05) is 11.1 Å². The normalized spacial score (nSPS) is 23.9. The number of halogens is 1. The smallest absolute Gasteiger partial charge is 0.227 e. The molecule has 1 amide bonds. The third-order valence-corrected chi connectivity index (χ3v) is 3.43. The van der Waals surface area contributed by atoms with Crippen molar-refractivity contribution < 1.29 is 4.79 Å². The molecule has 1 aliphatic rings. The highest BCUT2D eigenvalue weighted by molar-refractivity contribution is 6.30. The molecule has 3 nitrogen and oxygen atoms in total. The first-order valence-electron chi connectivity index (χ1n) is 6.06. The van der Waals surface area contributed by atoms with Crippen LogP contribution in [0, 0.1) is 5.92 Å². The van der Waals surface area contributed by atoms with Crippen molar-refractivity contribution in [3.05, 3.63) is 47.0 Å². The van der Waals surface area contributed by atoms with Gasteiger partial charge in [-0.1, -0.05) is 35.9 Å². The molecule has 0 heterocycles. The average Bonchev–Trinajstić information content (AvgIpc) is 2.76. The lowest BCUT2D eigenvalue weighted by molar-refractivity contribution is -0.124. The van der Waals surface area contributed by atoms with Crippen molar-refractivity contribution in [1.29, 1.82) is 0 Å². The van der Waals surface area contributed by atoms with Crippen LogP contribution < -0.4 is 11.1 Å². The predicted octanol–water partition coefficient (Wildman–Crippen LogP) is 2.42. The van der Waals surface area contributed by atoms with Crippen LogP contribution in [-0.2, 0) is 4.79 Å². The van der Waals surface area contributed by atoms with Gasteiger partial charge in [0.05, 0.1) is 12.0 Å². The number of nitrogens with two attached hydrogens (primary N) is 1. The SMILES string of the molecule is C[C@H](NC(=O)C1C=CC(N)C1)c1ccc(Cl)cc1. The summed E-state index contributed by atoms with van der Waals surface area (Å²) in [5.74, 6) is -0.0728. The van der Waals surface area contributed by atoms with Gasteiger partial charge in [0.1, 0.15) is 0 Å². The van der Waals surface area contributed by atoms with E-state index in [1.165, 1.54) is 0 Å². The van der Waals surface area contributed by atoms with Crippen LogP contribution in [0.5, 0.6) is 0 Å². The largest absolute Gasteiger partial charge is 0.349 e. The van der Waals surface area contributed by atoms with Crippen LogP contribution in [0.15, 0.2) is 36.4 Å². The average molecular weight is 265 g/mol. The third kappa shape index (κ3) is 3.12. The molecule has 2 rings (SSSR count). The Kier molecular flexibility index (Phi) is 4.04. The van der Waals surface area contributed by atoms with Crippen LogP contribution >= 0.6 is 11.6 Å². The van der Waals surface area contributed by atoms with Gasteiger partial charge in [0.15, 0.2) is 0 Å². The van der Waals surface area contributed by atoms with Gasteiger partial charge in [-0.25, -0.2) is 0 Å². The van der Waals surface area contributed by atoms with Crippen molar-refractivity contribution in [1.82, 2.24) is 5.32 Å². The Labute approximate surface area is 112 Å². The summed E-state index contributed by atoms with van der Waals surface area (Å²) in [4.78, 5) is 12.0. The Balaban J connectivity index is 1.95. The van der Waals surface area contributed by atoms with Crippen LogP contribution in [0.4, 0.5) is 0 Å². The topological polar surface area (TPSA) is 55.1 Å². The molecule has 1 aromatic carbocycles. The molecule has 3 N–H and O–H groups in total. The van der Waals surface area contributed by atoms with Crippen molar-refractivity contribution in [3.63, 3.8) is 0 Å². The number of carbonyl (C=O) groups is 1. The van der Waals surface area contributed by atoms with Gasteiger partial charge in [-0.05, 0) is 31.0 Å². The summed E-state index contributed by atoms with van der Waals surface area (Å²) in [6.07, 6.45) is 4.46. The maximum atomic E-state index is 12.0. The van der Waals surface area contributed by atoms with Gasteiger partial charge < -0.3 is 11.1 Å². The number of hydrogen-bond donors (Lipinski definition) is 2. The molecule has 1 aliphatic carbocycles. The predicted molar refractivity (Wildman–Crippen MR) is 73.2 cm³/mol. The molecule has 2 unspecified atom stereocenters. The highest BCUT2D eigenvalue weighted by Gasteiger charge is 2.23. The van der Waals surface area contributed by atoms with E-state index in [1.807, 2.05) is 43.3 Å². The lowest BCUT2D eigenvalue weighted by Crippen LogP contribution is -2.32. The molecule has 0 bridgehead atoms. The zero-order valence-electron chi connectivity index (χ0n) is 10.3. The molecule has 3 atom stereocenters. The van der Waals surface area contributed by atoms with Crippen LogP contribution in [0.2, 0.25) is 5.02 Å². The number of nitrogens with one attached hydrogen (secondary N) is 1. The van der Waals surface area contributed by atoms with E-state index in [1.54, 1.807) is 0 Å². The first kappa shape index (κ1) is 13.1. The molecule has 1 aromatic rings. The summed E-state index contributed by atoms with van der Waals surface area (Å²) in [5.41, 5.74) is 6.78. The van der Waals surface area contributed by atoms with E-state index in [9.17, 15) is 4.79 Å². The second-order valence-electron chi connectivity index (χ2n) is 4.67. The third-order valence-electron chi connectivity index (χ3n) is 3.18. The summed E-state index contributed by atoms with van der Waals surface area (Å²) < 4.78 is 0. The fraction of sp³-hybridized carbons (Fsp3) is 0.357. The summed E-state index contributed by atoms with van der Waals surface area (Å²) in [5, 5.41) is 3.69. The Morgan fingerprint density at radius 2 is 2.06 bits per heavy atom. The highest BCUT2D eigenvalue weighted by atomic mass is 35.5. The molecular formula is C14H17ClN2O. The van der Waals surface area contributed by atoms with Gasteiger partial charge in [-0.15, -0.1) is 0 Å². The number of amides is 1. The molecule has 0 saturated heterocycles. The van der Waals surface area contributed by atoms with Crippen LogP contribution in [-0.4, -0.2) is 11.9 Å². The van der Waals surface area contributed by atoms with E-state index in [4.69, 9.17) is 17.3 Å². The van der Waals surface area contributed by atoms with Gasteiger partial charge >= 0.3 is 0 Å². The fourth-order valence-electron chi connectivity index (χ4n) is 2.08. The Morgan fingerprint density at radius 1 is 1.39 bits per heavy atom. The molecule has 0 fully saturated rings. The van der Waals surface area contributed by atoms with E-state index in [0.29, 0.717) is 11.4 Å². The second kappa shape index (κ2) is 5.55. The van der Waals surface area contributed by atoms with Crippen molar-refractivity contribution >= 4 is 17.5 Å². The Morgan fingerprint density at radius 3 is 2.61 bits per heavy atom. The van der Waals surface area contributed by atoms with E-state index in [0.717, 1.165) is 5.56 Å². The maximum Gasteiger partial charge on any atom is 0.227 e. The lowest BCUT2D eigenvalue weighted by atomic mass is 10.0. The highest BCUT2D eigenvalue weighted by Crippen LogP contribution is 2.20. The van der Waals surface area contributed by atoms with Crippen molar-refractivity contribution in [3.8, 4) is 0 Å². The van der Waals surface area contributed by atoms with Gasteiger partial charge in [0.25, 0.3) is 0 Å². The van der Waals surface area contributed by atoms with Crippen molar-refractivity contribution in [2.75, 3.05) is 0 Å². The number of hydrogen-bond acceptors (Lipinski definition) is 2.